The lowest BCUT2D eigenvalue weighted by Gasteiger charge is -2.21. The molecule has 0 aliphatic heterocycles. The second-order valence-corrected chi connectivity index (χ2v) is 18.5. The van der Waals surface area contributed by atoms with Crippen LogP contribution in [0, 0.1) is 17.9 Å². The summed E-state index contributed by atoms with van der Waals surface area (Å²) in [6.45, 7) is 7.91. The summed E-state index contributed by atoms with van der Waals surface area (Å²) < 4.78 is 50.0. The van der Waals surface area contributed by atoms with Crippen molar-refractivity contribution in [1.82, 2.24) is 24.1 Å². The maximum absolute atomic E-state index is 15.3. The second-order valence-electron chi connectivity index (χ2n) is 18.5. The van der Waals surface area contributed by atoms with Gasteiger partial charge in [-0.1, -0.05) is 158 Å². The number of benzene rings is 10. The minimum absolute atomic E-state index is 0.301. The molecule has 10 aromatic carbocycles. The van der Waals surface area contributed by atoms with E-state index in [-0.39, 0.29) is 0 Å². The smallest absolute Gasteiger partial charge is 0.309 e. The van der Waals surface area contributed by atoms with Crippen LogP contribution in [-0.4, -0.2) is 24.1 Å². The van der Waals surface area contributed by atoms with Crippen molar-refractivity contribution in [3.8, 4) is 85.0 Å². The fourth-order valence-corrected chi connectivity index (χ4v) is 10.6. The minimum atomic E-state index is -4.69. The number of para-hydroxylation sites is 3. The predicted octanol–water partition coefficient (Wildman–Crippen LogP) is 17.5. The quantitative estimate of drug-likeness (QED) is 0.142. The van der Waals surface area contributed by atoms with Crippen LogP contribution in [0.2, 0.25) is 0 Å². The lowest BCUT2D eigenvalue weighted by molar-refractivity contribution is -0.137. The van der Waals surface area contributed by atoms with Crippen molar-refractivity contribution >= 4 is 49.3 Å². The van der Waals surface area contributed by atoms with E-state index in [1.807, 2.05) is 193 Å². The van der Waals surface area contributed by atoms with Crippen molar-refractivity contribution in [2.45, 2.75) is 6.18 Å². The monoisotopic (exact) mass is 985 g/mol. The van der Waals surface area contributed by atoms with Gasteiger partial charge in [0.25, 0.3) is 0 Å². The van der Waals surface area contributed by atoms with Crippen LogP contribution in [-0.2, 0) is 6.18 Å². The van der Waals surface area contributed by atoms with Gasteiger partial charge in [-0.15, -0.1) is 0 Å². The average molecular weight is 986 g/mol. The fraction of sp³-hybridized carbons (Fsp3) is 0.0152. The summed E-state index contributed by atoms with van der Waals surface area (Å²) in [5.41, 5.74) is 10.9. The molecule has 13 aromatic rings. The molecular formula is C66H38F3N7. The van der Waals surface area contributed by atoms with Crippen LogP contribution in [0.3, 0.4) is 0 Å². The molecule has 0 saturated heterocycles. The normalized spacial score (nSPS) is 11.6. The largest absolute Gasteiger partial charge is 0.416 e. The van der Waals surface area contributed by atoms with Crippen LogP contribution >= 0.6 is 0 Å². The number of nitriles is 1. The van der Waals surface area contributed by atoms with E-state index in [1.54, 1.807) is 18.2 Å². The molecule has 0 bridgehead atoms. The number of hydrogen-bond donors (Lipinski definition) is 0. The standard InChI is InChI=1S/C66H38F3N7/c1-71-56-25-13-10-22-49(56)44-29-34-61-54(37-44)51-24-12-15-27-58(51)76(61)62-39-47(66(67,68)69)31-32-52(62)55-38-45(65-73-63(41-16-4-2-5-17-41)72-64(74-65)42-18-6-3-7-19-42)30-35-60(55)75-57-26-14-11-23-50(57)53-36-43(28-33-59(53)75)48-21-9-8-20-46(48)40-70/h2-39H. The van der Waals surface area contributed by atoms with Crippen molar-refractivity contribution in [2.75, 3.05) is 0 Å². The Morgan fingerprint density at radius 2 is 0.882 bits per heavy atom. The molecule has 0 spiro atoms. The molecule has 0 amide bonds. The molecule has 0 aliphatic carbocycles. The highest BCUT2D eigenvalue weighted by Crippen LogP contribution is 2.46. The van der Waals surface area contributed by atoms with Gasteiger partial charge < -0.3 is 9.13 Å². The summed E-state index contributed by atoms with van der Waals surface area (Å²) in [5, 5.41) is 13.6. The number of rotatable bonds is 8. The van der Waals surface area contributed by atoms with Crippen LogP contribution in [0.4, 0.5) is 18.9 Å². The molecule has 3 aromatic heterocycles. The van der Waals surface area contributed by atoms with E-state index < -0.39 is 11.7 Å². The Hall–Kier alpha value is -10.4. The van der Waals surface area contributed by atoms with E-state index >= 15 is 13.2 Å². The fourth-order valence-electron chi connectivity index (χ4n) is 10.6. The third kappa shape index (κ3) is 7.72. The minimum Gasteiger partial charge on any atom is -0.309 e. The van der Waals surface area contributed by atoms with E-state index in [4.69, 9.17) is 21.5 Å². The van der Waals surface area contributed by atoms with E-state index in [0.29, 0.717) is 67.8 Å². The summed E-state index contributed by atoms with van der Waals surface area (Å²) in [4.78, 5) is 18.9. The summed E-state index contributed by atoms with van der Waals surface area (Å²) in [7, 11) is 0. The third-order valence-electron chi connectivity index (χ3n) is 14.1. The van der Waals surface area contributed by atoms with Crippen LogP contribution in [0.15, 0.2) is 231 Å². The topological polar surface area (TPSA) is 76.7 Å². The van der Waals surface area contributed by atoms with Crippen molar-refractivity contribution < 1.29 is 13.2 Å². The number of fused-ring (bicyclic) bond motifs is 6. The average Bonchev–Trinajstić information content (AvgIpc) is 4.12. The van der Waals surface area contributed by atoms with Crippen molar-refractivity contribution in [1.29, 1.82) is 5.26 Å². The zero-order valence-electron chi connectivity index (χ0n) is 40.2. The lowest BCUT2D eigenvalue weighted by atomic mass is 9.96. The van der Waals surface area contributed by atoms with Crippen LogP contribution in [0.1, 0.15) is 11.1 Å². The van der Waals surface area contributed by atoms with Gasteiger partial charge in [0.15, 0.2) is 23.2 Å². The Balaban J connectivity index is 1.12. The first kappa shape index (κ1) is 45.4. The van der Waals surface area contributed by atoms with Crippen LogP contribution in [0.25, 0.3) is 127 Å². The molecule has 0 fully saturated rings. The lowest BCUT2D eigenvalue weighted by Crippen LogP contribution is -2.08. The molecule has 0 saturated carbocycles. The van der Waals surface area contributed by atoms with Gasteiger partial charge in [-0.25, -0.2) is 19.8 Å². The van der Waals surface area contributed by atoms with Gasteiger partial charge >= 0.3 is 6.18 Å². The zero-order chi connectivity index (χ0) is 51.5. The molecule has 3 heterocycles. The predicted molar refractivity (Wildman–Crippen MR) is 297 cm³/mol. The molecule has 0 N–H and O–H groups in total. The van der Waals surface area contributed by atoms with E-state index in [9.17, 15) is 5.26 Å². The Morgan fingerprint density at radius 3 is 1.47 bits per heavy atom. The maximum Gasteiger partial charge on any atom is 0.416 e. The summed E-state index contributed by atoms with van der Waals surface area (Å²) in [5.74, 6) is 1.30. The van der Waals surface area contributed by atoms with Gasteiger partial charge in [0.1, 0.15) is 0 Å². The SMILES string of the molecule is [C-]#[N+]c1ccccc1-c1ccc2c(c1)c1ccccc1n2-c1cc(C(F)(F)F)ccc1-c1cc(-c2nc(-c3ccccc3)nc(-c3ccccc3)n2)ccc1-n1c2ccccc2c2cc(-c3ccccc3C#N)ccc21. The molecule has 7 nitrogen and oxygen atoms in total. The number of aromatic nitrogens is 5. The van der Waals surface area contributed by atoms with Gasteiger partial charge in [0.2, 0.25) is 0 Å². The first-order valence-corrected chi connectivity index (χ1v) is 24.5. The zero-order valence-corrected chi connectivity index (χ0v) is 40.2. The van der Waals surface area contributed by atoms with Gasteiger partial charge in [0, 0.05) is 49.4 Å². The highest BCUT2D eigenvalue weighted by Gasteiger charge is 2.33. The number of nitrogens with zero attached hydrogens (tertiary/aromatic N) is 7. The maximum atomic E-state index is 15.3. The summed E-state index contributed by atoms with van der Waals surface area (Å²) in [6.07, 6.45) is -4.69. The van der Waals surface area contributed by atoms with Crippen molar-refractivity contribution in [3.05, 3.63) is 253 Å². The number of halogens is 3. The Bertz CT molecular complexity index is 4480. The number of hydrogen-bond acceptors (Lipinski definition) is 4. The van der Waals surface area contributed by atoms with E-state index in [2.05, 4.69) is 27.6 Å². The second kappa shape index (κ2) is 18.3. The van der Waals surface area contributed by atoms with Crippen LogP contribution in [0.5, 0.6) is 0 Å². The van der Waals surface area contributed by atoms with Crippen LogP contribution < -0.4 is 0 Å². The Labute approximate surface area is 434 Å². The molecule has 76 heavy (non-hydrogen) atoms. The highest BCUT2D eigenvalue weighted by molar-refractivity contribution is 6.13. The van der Waals surface area contributed by atoms with Crippen molar-refractivity contribution in [2.24, 2.45) is 0 Å². The van der Waals surface area contributed by atoms with Gasteiger partial charge in [-0.3, -0.25) is 0 Å². The Kier molecular flexibility index (Phi) is 10.9. The molecule has 0 aliphatic rings. The molecule has 0 radical (unpaired) electrons. The molecule has 10 heteroatoms. The molecule has 13 rings (SSSR count). The van der Waals surface area contributed by atoms with Crippen molar-refractivity contribution in [3.63, 3.8) is 0 Å². The Morgan fingerprint density at radius 1 is 0.395 bits per heavy atom. The molecule has 0 unspecified atom stereocenters. The molecular weight excluding hydrogens is 948 g/mol. The summed E-state index contributed by atoms with van der Waals surface area (Å²) >= 11 is 0. The number of alkyl halides is 3. The van der Waals surface area contributed by atoms with Gasteiger partial charge in [-0.05, 0) is 95.1 Å². The van der Waals surface area contributed by atoms with E-state index in [1.165, 1.54) is 6.07 Å². The first-order chi connectivity index (χ1) is 37.2. The molecule has 0 atom stereocenters. The highest BCUT2D eigenvalue weighted by atomic mass is 19.4. The molecule has 358 valence electrons. The third-order valence-corrected chi connectivity index (χ3v) is 14.1. The van der Waals surface area contributed by atoms with Gasteiger partial charge in [0.05, 0.1) is 57.2 Å². The van der Waals surface area contributed by atoms with E-state index in [0.717, 1.165) is 72.0 Å². The van der Waals surface area contributed by atoms with Gasteiger partial charge in [-0.2, -0.15) is 18.4 Å². The first-order valence-electron chi connectivity index (χ1n) is 24.5. The summed E-state index contributed by atoms with van der Waals surface area (Å²) in [6, 6.07) is 74.4.